The summed E-state index contributed by atoms with van der Waals surface area (Å²) in [5.74, 6) is 0.473. The van der Waals surface area contributed by atoms with Crippen LogP contribution in [0.1, 0.15) is 46.0 Å². The molecule has 0 amide bonds. The second-order valence-electron chi connectivity index (χ2n) is 11.2. The van der Waals surface area contributed by atoms with Crippen molar-refractivity contribution in [3.8, 4) is 0 Å². The Balaban J connectivity index is 1.63. The first-order valence-corrected chi connectivity index (χ1v) is 11.0. The van der Waals surface area contributed by atoms with E-state index >= 15 is 0 Å². The summed E-state index contributed by atoms with van der Waals surface area (Å²) in [5, 5.41) is 48.0. The van der Waals surface area contributed by atoms with E-state index in [1.807, 2.05) is 6.92 Å². The van der Waals surface area contributed by atoms with E-state index in [0.29, 0.717) is 25.4 Å². The van der Waals surface area contributed by atoms with Crippen LogP contribution in [0, 0.1) is 45.1 Å². The van der Waals surface area contributed by atoms with Gasteiger partial charge in [-0.15, -0.1) is 0 Å². The molecule has 0 aromatic rings. The first-order valence-electron chi connectivity index (χ1n) is 11.0. The number of hydrogen-bond acceptors (Lipinski definition) is 4. The molecule has 7 bridgehead atoms. The van der Waals surface area contributed by atoms with Gasteiger partial charge < -0.3 is 25.2 Å². The highest BCUT2D eigenvalue weighted by Crippen LogP contribution is 2.84. The van der Waals surface area contributed by atoms with E-state index in [-0.39, 0.29) is 39.3 Å². The summed E-state index contributed by atoms with van der Waals surface area (Å²) in [6.07, 6.45) is 2.37. The van der Waals surface area contributed by atoms with Crippen LogP contribution in [0.25, 0.3) is 0 Å². The Morgan fingerprint density at radius 2 is 1.96 bits per heavy atom. The number of fused-ring (bicyclic) bond motifs is 1. The van der Waals surface area contributed by atoms with Crippen molar-refractivity contribution in [2.45, 2.75) is 70.3 Å². The van der Waals surface area contributed by atoms with Crippen LogP contribution in [-0.2, 0) is 0 Å². The highest BCUT2D eigenvalue weighted by molar-refractivity contribution is 5.38. The van der Waals surface area contributed by atoms with E-state index in [0.717, 1.165) is 31.3 Å². The van der Waals surface area contributed by atoms with Crippen LogP contribution in [0.15, 0.2) is 12.2 Å². The second kappa shape index (κ2) is 4.65. The maximum Gasteiger partial charge on any atom is 0.101 e. The molecule has 27 heavy (non-hydrogen) atoms. The van der Waals surface area contributed by atoms with Crippen LogP contribution in [-0.4, -0.2) is 57.4 Å². The SMILES string of the molecule is C=C1[C@H]2C[C@@]3([C@@H]1O)[C@@H](C[C@H]2O)[C@@]12C4[C@@H]3C[C@@H]1[C@@](C)(CC[C@@H]2O)C[N+]4([O-])CC. The van der Waals surface area contributed by atoms with Crippen molar-refractivity contribution in [3.05, 3.63) is 17.4 Å². The topological polar surface area (TPSA) is 83.8 Å². The lowest BCUT2D eigenvalue weighted by Crippen LogP contribution is -2.73. The molecule has 6 fully saturated rings. The largest absolute Gasteiger partial charge is 0.633 e. The van der Waals surface area contributed by atoms with Gasteiger partial charge in [0.1, 0.15) is 6.04 Å². The minimum atomic E-state index is -0.638. The average molecular weight is 376 g/mol. The number of aliphatic hydroxyl groups excluding tert-OH is 3. The summed E-state index contributed by atoms with van der Waals surface area (Å²) in [4.78, 5) is 0. The fourth-order valence-corrected chi connectivity index (χ4v) is 10.3. The third-order valence-electron chi connectivity index (χ3n) is 10.9. The van der Waals surface area contributed by atoms with Gasteiger partial charge in [-0.2, -0.15) is 0 Å². The van der Waals surface area contributed by atoms with E-state index < -0.39 is 23.7 Å². The predicted octanol–water partition coefficient (Wildman–Crippen LogP) is 1.80. The molecule has 1 saturated heterocycles. The molecule has 12 atom stereocenters. The zero-order chi connectivity index (χ0) is 19.1. The van der Waals surface area contributed by atoms with Gasteiger partial charge in [0.15, 0.2) is 0 Å². The highest BCUT2D eigenvalue weighted by atomic mass is 16.5. The molecule has 5 nitrogen and oxygen atoms in total. The number of rotatable bonds is 1. The maximum absolute atomic E-state index is 14.2. The normalized spacial score (nSPS) is 68.3. The lowest BCUT2D eigenvalue weighted by atomic mass is 9.43. The molecule has 6 rings (SSSR count). The van der Waals surface area contributed by atoms with Crippen LogP contribution < -0.4 is 0 Å². The van der Waals surface area contributed by atoms with E-state index in [4.69, 9.17) is 0 Å². The van der Waals surface area contributed by atoms with Gasteiger partial charge in [-0.25, -0.2) is 0 Å². The Hall–Kier alpha value is -0.460. The van der Waals surface area contributed by atoms with Crippen molar-refractivity contribution in [2.24, 2.45) is 39.9 Å². The number of aliphatic hydroxyl groups is 3. The second-order valence-corrected chi connectivity index (χ2v) is 11.2. The summed E-state index contributed by atoms with van der Waals surface area (Å²) < 4.78 is -0.215. The molecular weight excluding hydrogens is 342 g/mol. The number of nitrogens with zero attached hydrogens (tertiary/aromatic N) is 1. The third-order valence-corrected chi connectivity index (χ3v) is 10.9. The minimum Gasteiger partial charge on any atom is -0.633 e. The van der Waals surface area contributed by atoms with Gasteiger partial charge in [0.2, 0.25) is 0 Å². The maximum atomic E-state index is 14.2. The van der Waals surface area contributed by atoms with Crippen molar-refractivity contribution in [1.29, 1.82) is 0 Å². The molecule has 5 heteroatoms. The first kappa shape index (κ1) is 17.4. The highest BCUT2D eigenvalue weighted by Gasteiger charge is 2.88. The summed E-state index contributed by atoms with van der Waals surface area (Å²) in [6, 6.07) is -0.132. The lowest BCUT2D eigenvalue weighted by molar-refractivity contribution is -0.927. The Kier molecular flexibility index (Phi) is 2.99. The Morgan fingerprint density at radius 1 is 1.22 bits per heavy atom. The Bertz CT molecular complexity index is 742. The first-order chi connectivity index (χ1) is 12.7. The van der Waals surface area contributed by atoms with Crippen LogP contribution in [0.2, 0.25) is 0 Å². The van der Waals surface area contributed by atoms with Gasteiger partial charge in [-0.3, -0.25) is 0 Å². The molecule has 1 aliphatic heterocycles. The molecule has 6 aliphatic rings. The standard InChI is InChI=1S/C22H33NO4/c1-4-23(27)10-20(3)6-5-17(25)22-15(20)7-13(18(22)23)21-9-12(11(2)19(21)26)14(24)8-16(21)22/h12-19,24-26H,2,4-10H2,1,3H3/t12-,13+,14-,15-,16-,17+,18?,19-,20+,21+,22+,23?/m1/s1. The quantitative estimate of drug-likeness (QED) is 0.371. The fraction of sp³-hybridized carbons (Fsp3) is 0.909. The third kappa shape index (κ3) is 1.49. The van der Waals surface area contributed by atoms with Crippen molar-refractivity contribution in [1.82, 2.24) is 0 Å². The number of likely N-dealkylation sites (tertiary alicyclic amines) is 1. The van der Waals surface area contributed by atoms with E-state index in [2.05, 4.69) is 13.5 Å². The number of hydrogen-bond donors (Lipinski definition) is 3. The lowest BCUT2D eigenvalue weighted by Gasteiger charge is -2.68. The smallest absolute Gasteiger partial charge is 0.101 e. The number of hydroxylamine groups is 3. The van der Waals surface area contributed by atoms with E-state index in [9.17, 15) is 20.5 Å². The molecule has 2 unspecified atom stereocenters. The Morgan fingerprint density at radius 3 is 2.67 bits per heavy atom. The van der Waals surface area contributed by atoms with Crippen LogP contribution >= 0.6 is 0 Å². The monoisotopic (exact) mass is 375 g/mol. The van der Waals surface area contributed by atoms with Crippen LogP contribution in [0.5, 0.6) is 0 Å². The van der Waals surface area contributed by atoms with Crippen molar-refractivity contribution >= 4 is 0 Å². The van der Waals surface area contributed by atoms with Gasteiger partial charge >= 0.3 is 0 Å². The minimum absolute atomic E-state index is 0.0344. The fourth-order valence-electron chi connectivity index (χ4n) is 10.3. The van der Waals surface area contributed by atoms with Gasteiger partial charge in [-0.05, 0) is 56.4 Å². The zero-order valence-electron chi connectivity index (χ0n) is 16.5. The van der Waals surface area contributed by atoms with Gasteiger partial charge in [0.05, 0.1) is 36.8 Å². The van der Waals surface area contributed by atoms with Crippen LogP contribution in [0.4, 0.5) is 0 Å². The number of quaternary nitrogens is 1. The summed E-state index contributed by atoms with van der Waals surface area (Å²) >= 11 is 0. The molecule has 3 N–H and O–H groups in total. The summed E-state index contributed by atoms with van der Waals surface area (Å²) in [5.41, 5.74) is -0.0521. The van der Waals surface area contributed by atoms with Crippen molar-refractivity contribution < 1.29 is 20.0 Å². The van der Waals surface area contributed by atoms with Gasteiger partial charge in [0.25, 0.3) is 0 Å². The molecule has 1 heterocycles. The molecule has 5 saturated carbocycles. The van der Waals surface area contributed by atoms with Gasteiger partial charge in [0, 0.05) is 22.7 Å². The summed E-state index contributed by atoms with van der Waals surface area (Å²) in [6.45, 7) is 9.62. The van der Waals surface area contributed by atoms with E-state index in [1.54, 1.807) is 0 Å². The molecule has 0 aromatic heterocycles. The predicted molar refractivity (Wildman–Crippen MR) is 100 cm³/mol. The number of piperidine rings is 1. The molecule has 2 spiro atoms. The molecule has 150 valence electrons. The molecule has 0 radical (unpaired) electrons. The molecule has 0 aromatic carbocycles. The summed E-state index contributed by atoms with van der Waals surface area (Å²) in [7, 11) is 0. The van der Waals surface area contributed by atoms with Crippen molar-refractivity contribution in [2.75, 3.05) is 13.1 Å². The molecular formula is C22H33NO4. The molecule has 5 aliphatic carbocycles. The Labute approximate surface area is 161 Å². The van der Waals surface area contributed by atoms with Crippen LogP contribution in [0.3, 0.4) is 0 Å². The average Bonchev–Trinajstić information content (AvgIpc) is 3.17. The van der Waals surface area contributed by atoms with Gasteiger partial charge in [-0.1, -0.05) is 13.5 Å². The van der Waals surface area contributed by atoms with Crippen molar-refractivity contribution in [3.63, 3.8) is 0 Å². The zero-order valence-corrected chi connectivity index (χ0v) is 16.5. The van der Waals surface area contributed by atoms with E-state index in [1.165, 1.54) is 0 Å².